The molecule has 2 fully saturated rings. The number of hydrogen-bond acceptors (Lipinski definition) is 2. The molecule has 2 aliphatic rings. The molecule has 1 aliphatic heterocycles. The van der Waals surface area contributed by atoms with Crippen molar-refractivity contribution in [2.24, 2.45) is 0 Å². The van der Waals surface area contributed by atoms with Crippen LogP contribution in [0, 0.1) is 13.8 Å². The van der Waals surface area contributed by atoms with Crippen LogP contribution < -0.4 is 0 Å². The van der Waals surface area contributed by atoms with E-state index in [1.54, 1.807) is 11.8 Å². The van der Waals surface area contributed by atoms with Crippen LogP contribution in [0.3, 0.4) is 0 Å². The molecule has 5 nitrogen and oxygen atoms in total. The van der Waals surface area contributed by atoms with Crippen LogP contribution in [0.4, 0.5) is 0 Å². The van der Waals surface area contributed by atoms with Crippen molar-refractivity contribution < 1.29 is 9.59 Å². The minimum absolute atomic E-state index is 0.0917. The predicted molar refractivity (Wildman–Crippen MR) is 80.3 cm³/mol. The topological polar surface area (TPSA) is 45.6 Å². The molecule has 1 aliphatic carbocycles. The fourth-order valence-electron chi connectivity index (χ4n) is 3.28. The van der Waals surface area contributed by atoms with Crippen molar-refractivity contribution in [2.75, 3.05) is 26.2 Å². The monoisotopic (exact) mass is 289 g/mol. The number of hydrogen-bond donors (Lipinski definition) is 0. The van der Waals surface area contributed by atoms with E-state index in [2.05, 4.69) is 11.5 Å². The average Bonchev–Trinajstić information content (AvgIpc) is 3.24. The number of nitrogens with zero attached hydrogens (tertiary/aromatic N) is 3. The van der Waals surface area contributed by atoms with Gasteiger partial charge in [0.25, 0.3) is 5.91 Å². The standard InChI is InChI=1S/C16H23N3O2/c1-11-10-15(12(2)19(11)14-4-5-14)16(21)18-8-6-17(7-9-18)13(3)20/h10,14H,4-9H2,1-3H3. The zero-order chi connectivity index (χ0) is 15.1. The predicted octanol–water partition coefficient (Wildman–Crippen LogP) is 1.74. The molecule has 114 valence electrons. The third kappa shape index (κ3) is 2.57. The number of amides is 2. The molecule has 3 rings (SSSR count). The first-order valence-electron chi connectivity index (χ1n) is 7.72. The molecule has 1 aromatic heterocycles. The first-order chi connectivity index (χ1) is 9.99. The van der Waals surface area contributed by atoms with Gasteiger partial charge in [0.1, 0.15) is 0 Å². The van der Waals surface area contributed by atoms with Crippen molar-refractivity contribution >= 4 is 11.8 Å². The van der Waals surface area contributed by atoms with Crippen LogP contribution in [0.1, 0.15) is 47.6 Å². The van der Waals surface area contributed by atoms with Crippen molar-refractivity contribution in [3.05, 3.63) is 23.0 Å². The molecular formula is C16H23N3O2. The summed E-state index contributed by atoms with van der Waals surface area (Å²) in [6, 6.07) is 2.62. The van der Waals surface area contributed by atoms with Gasteiger partial charge in [0.15, 0.2) is 0 Å². The van der Waals surface area contributed by atoms with Crippen LogP contribution in [0.2, 0.25) is 0 Å². The van der Waals surface area contributed by atoms with Crippen molar-refractivity contribution in [3.63, 3.8) is 0 Å². The molecule has 0 N–H and O–H groups in total. The summed E-state index contributed by atoms with van der Waals surface area (Å²) in [5, 5.41) is 0. The Bertz CT molecular complexity index is 579. The smallest absolute Gasteiger partial charge is 0.255 e. The van der Waals surface area contributed by atoms with Gasteiger partial charge in [-0.1, -0.05) is 0 Å². The largest absolute Gasteiger partial charge is 0.345 e. The van der Waals surface area contributed by atoms with Gasteiger partial charge in [0, 0.05) is 50.5 Å². The Morgan fingerprint density at radius 1 is 1.05 bits per heavy atom. The van der Waals surface area contributed by atoms with Gasteiger partial charge in [-0.3, -0.25) is 9.59 Å². The Morgan fingerprint density at radius 2 is 1.62 bits per heavy atom. The van der Waals surface area contributed by atoms with E-state index in [0.29, 0.717) is 32.2 Å². The summed E-state index contributed by atoms with van der Waals surface area (Å²) in [5.41, 5.74) is 3.10. The maximum atomic E-state index is 12.7. The normalized spacial score (nSPS) is 19.0. The number of rotatable bonds is 2. The minimum atomic E-state index is 0.0917. The molecule has 0 unspecified atom stereocenters. The number of aryl methyl sites for hydroxylation is 1. The van der Waals surface area contributed by atoms with E-state index in [1.165, 1.54) is 18.5 Å². The molecule has 2 amide bonds. The van der Waals surface area contributed by atoms with Crippen LogP contribution in [0.25, 0.3) is 0 Å². The lowest BCUT2D eigenvalue weighted by Gasteiger charge is -2.34. The highest BCUT2D eigenvalue weighted by atomic mass is 16.2. The summed E-state index contributed by atoms with van der Waals surface area (Å²) < 4.78 is 2.30. The van der Waals surface area contributed by atoms with Gasteiger partial charge in [0.05, 0.1) is 5.56 Å². The summed E-state index contributed by atoms with van der Waals surface area (Å²) in [6.07, 6.45) is 2.45. The van der Waals surface area contributed by atoms with E-state index < -0.39 is 0 Å². The highest BCUT2D eigenvalue weighted by Gasteiger charge is 2.30. The van der Waals surface area contributed by atoms with Gasteiger partial charge < -0.3 is 14.4 Å². The van der Waals surface area contributed by atoms with Gasteiger partial charge in [0.2, 0.25) is 5.91 Å². The third-order valence-corrected chi connectivity index (χ3v) is 4.64. The zero-order valence-corrected chi connectivity index (χ0v) is 13.1. The first kappa shape index (κ1) is 14.2. The van der Waals surface area contributed by atoms with E-state index in [4.69, 9.17) is 0 Å². The highest BCUT2D eigenvalue weighted by Crippen LogP contribution is 2.38. The van der Waals surface area contributed by atoms with Crippen LogP contribution in [0.5, 0.6) is 0 Å². The quantitative estimate of drug-likeness (QED) is 0.832. The second kappa shape index (κ2) is 5.20. The van der Waals surface area contributed by atoms with Gasteiger partial charge in [-0.25, -0.2) is 0 Å². The highest BCUT2D eigenvalue weighted by molar-refractivity contribution is 5.96. The molecule has 1 saturated heterocycles. The van der Waals surface area contributed by atoms with Gasteiger partial charge in [-0.2, -0.15) is 0 Å². The lowest BCUT2D eigenvalue weighted by Crippen LogP contribution is -2.50. The molecule has 21 heavy (non-hydrogen) atoms. The summed E-state index contributed by atoms with van der Waals surface area (Å²) in [7, 11) is 0. The Labute approximate surface area is 125 Å². The molecule has 0 bridgehead atoms. The zero-order valence-electron chi connectivity index (χ0n) is 13.1. The number of aromatic nitrogens is 1. The minimum Gasteiger partial charge on any atom is -0.345 e. The average molecular weight is 289 g/mol. The summed E-state index contributed by atoms with van der Waals surface area (Å²) in [5.74, 6) is 0.201. The fourth-order valence-corrected chi connectivity index (χ4v) is 3.28. The van der Waals surface area contributed by atoms with Crippen LogP contribution >= 0.6 is 0 Å². The second-order valence-corrected chi connectivity index (χ2v) is 6.18. The molecule has 0 radical (unpaired) electrons. The molecule has 1 saturated carbocycles. The second-order valence-electron chi connectivity index (χ2n) is 6.18. The molecule has 5 heteroatoms. The van der Waals surface area contributed by atoms with Gasteiger partial charge in [-0.05, 0) is 32.8 Å². The molecular weight excluding hydrogens is 266 g/mol. The van der Waals surface area contributed by atoms with E-state index in [9.17, 15) is 9.59 Å². The van der Waals surface area contributed by atoms with E-state index in [-0.39, 0.29) is 11.8 Å². The lowest BCUT2D eigenvalue weighted by molar-refractivity contribution is -0.130. The van der Waals surface area contributed by atoms with Crippen LogP contribution in [-0.4, -0.2) is 52.4 Å². The fraction of sp³-hybridized carbons (Fsp3) is 0.625. The molecule has 0 atom stereocenters. The summed E-state index contributed by atoms with van der Waals surface area (Å²) in [4.78, 5) is 27.7. The van der Waals surface area contributed by atoms with E-state index in [1.807, 2.05) is 17.9 Å². The number of carbonyl (C=O) groups is 2. The van der Waals surface area contributed by atoms with Crippen molar-refractivity contribution in [2.45, 2.75) is 39.7 Å². The number of piperazine rings is 1. The SMILES string of the molecule is CC(=O)N1CCN(C(=O)c2cc(C)n(C3CC3)c2C)CC1. The maximum Gasteiger partial charge on any atom is 0.255 e. The van der Waals surface area contributed by atoms with Crippen molar-refractivity contribution in [1.82, 2.24) is 14.4 Å². The Morgan fingerprint density at radius 3 is 2.14 bits per heavy atom. The molecule has 2 heterocycles. The van der Waals surface area contributed by atoms with Crippen molar-refractivity contribution in [3.8, 4) is 0 Å². The molecule has 0 spiro atoms. The van der Waals surface area contributed by atoms with E-state index in [0.717, 1.165) is 11.3 Å². The van der Waals surface area contributed by atoms with Crippen LogP contribution in [-0.2, 0) is 4.79 Å². The van der Waals surface area contributed by atoms with Gasteiger partial charge >= 0.3 is 0 Å². The third-order valence-electron chi connectivity index (χ3n) is 4.64. The summed E-state index contributed by atoms with van der Waals surface area (Å²) >= 11 is 0. The van der Waals surface area contributed by atoms with Crippen molar-refractivity contribution in [1.29, 1.82) is 0 Å². The van der Waals surface area contributed by atoms with Gasteiger partial charge in [-0.15, -0.1) is 0 Å². The van der Waals surface area contributed by atoms with Crippen LogP contribution in [0.15, 0.2) is 6.07 Å². The Hall–Kier alpha value is -1.78. The molecule has 0 aromatic carbocycles. The maximum absolute atomic E-state index is 12.7. The Kier molecular flexibility index (Phi) is 3.51. The lowest BCUT2D eigenvalue weighted by atomic mass is 10.2. The Balaban J connectivity index is 1.74. The summed E-state index contributed by atoms with van der Waals surface area (Å²) in [6.45, 7) is 8.25. The number of carbonyl (C=O) groups excluding carboxylic acids is 2. The van der Waals surface area contributed by atoms with E-state index >= 15 is 0 Å². The molecule has 1 aromatic rings. The first-order valence-corrected chi connectivity index (χ1v) is 7.72.